The van der Waals surface area contributed by atoms with Crippen molar-refractivity contribution in [3.63, 3.8) is 0 Å². The molecule has 88 valence electrons. The van der Waals surface area contributed by atoms with Crippen molar-refractivity contribution in [1.82, 2.24) is 20.6 Å². The van der Waals surface area contributed by atoms with Crippen LogP contribution in [0.1, 0.15) is 18.7 Å². The van der Waals surface area contributed by atoms with Crippen molar-refractivity contribution in [3.8, 4) is 0 Å². The maximum atomic E-state index is 11.7. The predicted molar refractivity (Wildman–Crippen MR) is 60.9 cm³/mol. The van der Waals surface area contributed by atoms with Crippen LogP contribution in [0.3, 0.4) is 0 Å². The van der Waals surface area contributed by atoms with Crippen LogP contribution >= 0.6 is 0 Å². The minimum Gasteiger partial charge on any atom is -0.355 e. The molecule has 1 saturated heterocycles. The number of nitrogens with zero attached hydrogens (tertiary/aromatic N) is 1. The second-order valence-electron chi connectivity index (χ2n) is 4.12. The Morgan fingerprint density at radius 3 is 3.25 bits per heavy atom. The summed E-state index contributed by atoms with van der Waals surface area (Å²) >= 11 is 0. The summed E-state index contributed by atoms with van der Waals surface area (Å²) in [7, 11) is 0. The number of amides is 1. The number of nitrogens with one attached hydrogen (secondary N) is 3. The lowest BCUT2D eigenvalue weighted by atomic mass is 9.99. The summed E-state index contributed by atoms with van der Waals surface area (Å²) in [5.41, 5.74) is 0. The van der Waals surface area contributed by atoms with Gasteiger partial charge in [-0.05, 0) is 19.4 Å². The van der Waals surface area contributed by atoms with Gasteiger partial charge in [-0.1, -0.05) is 0 Å². The van der Waals surface area contributed by atoms with Gasteiger partial charge in [0.05, 0.1) is 5.92 Å². The van der Waals surface area contributed by atoms with Gasteiger partial charge in [0, 0.05) is 31.9 Å². The Labute approximate surface area is 95.0 Å². The number of H-pyrrole nitrogens is 1. The van der Waals surface area contributed by atoms with Gasteiger partial charge in [0.2, 0.25) is 5.91 Å². The van der Waals surface area contributed by atoms with Crippen molar-refractivity contribution in [2.75, 3.05) is 19.6 Å². The molecule has 1 aromatic heterocycles. The van der Waals surface area contributed by atoms with Crippen LogP contribution < -0.4 is 10.6 Å². The first-order chi connectivity index (χ1) is 7.86. The van der Waals surface area contributed by atoms with E-state index in [-0.39, 0.29) is 11.8 Å². The molecule has 1 aliphatic rings. The lowest BCUT2D eigenvalue weighted by molar-refractivity contribution is -0.125. The third-order valence-electron chi connectivity index (χ3n) is 2.88. The first-order valence-electron chi connectivity index (χ1n) is 5.83. The molecule has 1 aliphatic heterocycles. The molecule has 3 N–H and O–H groups in total. The topological polar surface area (TPSA) is 69.8 Å². The molecule has 5 heteroatoms. The van der Waals surface area contributed by atoms with E-state index < -0.39 is 0 Å². The maximum absolute atomic E-state index is 11.7. The molecule has 0 saturated carbocycles. The molecule has 0 unspecified atom stereocenters. The van der Waals surface area contributed by atoms with Gasteiger partial charge in [0.25, 0.3) is 0 Å². The number of piperidine rings is 1. The van der Waals surface area contributed by atoms with Crippen LogP contribution in [0.4, 0.5) is 0 Å². The van der Waals surface area contributed by atoms with E-state index in [1.54, 1.807) is 12.4 Å². The highest BCUT2D eigenvalue weighted by Crippen LogP contribution is 2.09. The summed E-state index contributed by atoms with van der Waals surface area (Å²) in [6, 6.07) is 0. The van der Waals surface area contributed by atoms with E-state index in [1.165, 1.54) is 0 Å². The lowest BCUT2D eigenvalue weighted by Gasteiger charge is -2.21. The molecular weight excluding hydrogens is 204 g/mol. The molecule has 0 radical (unpaired) electrons. The number of aromatic nitrogens is 2. The zero-order valence-electron chi connectivity index (χ0n) is 9.33. The third-order valence-corrected chi connectivity index (χ3v) is 2.88. The number of aromatic amines is 1. The number of carbonyl (C=O) groups is 1. The largest absolute Gasteiger partial charge is 0.355 e. The van der Waals surface area contributed by atoms with E-state index in [9.17, 15) is 4.79 Å². The summed E-state index contributed by atoms with van der Waals surface area (Å²) in [6.07, 6.45) is 6.37. The standard InChI is InChI=1S/C11H18N4O/c16-11(9-2-1-4-12-8-9)15-5-3-10-13-6-7-14-10/h6-7,9,12H,1-5,8H2,(H,13,14)(H,15,16)/t9-/m1/s1. The molecule has 1 aromatic rings. The van der Waals surface area contributed by atoms with Gasteiger partial charge in [0.1, 0.15) is 5.82 Å². The van der Waals surface area contributed by atoms with Crippen LogP contribution in [-0.4, -0.2) is 35.5 Å². The number of rotatable bonds is 4. The predicted octanol–water partition coefficient (Wildman–Crippen LogP) is 0.0680. The second kappa shape index (κ2) is 5.65. The van der Waals surface area contributed by atoms with Crippen molar-refractivity contribution >= 4 is 5.91 Å². The van der Waals surface area contributed by atoms with E-state index in [1.807, 2.05) is 0 Å². The highest BCUT2D eigenvalue weighted by Gasteiger charge is 2.20. The molecule has 1 atom stereocenters. The number of hydrogen-bond acceptors (Lipinski definition) is 3. The molecule has 0 spiro atoms. The quantitative estimate of drug-likeness (QED) is 0.675. The molecule has 2 heterocycles. The van der Waals surface area contributed by atoms with Crippen LogP contribution in [-0.2, 0) is 11.2 Å². The molecule has 1 fully saturated rings. The molecular formula is C11H18N4O. The summed E-state index contributed by atoms with van der Waals surface area (Å²) in [5, 5.41) is 6.19. The first-order valence-corrected chi connectivity index (χ1v) is 5.83. The summed E-state index contributed by atoms with van der Waals surface area (Å²) in [5.74, 6) is 1.23. The van der Waals surface area contributed by atoms with Crippen molar-refractivity contribution in [2.45, 2.75) is 19.3 Å². The fourth-order valence-electron chi connectivity index (χ4n) is 1.96. The molecule has 1 amide bonds. The average molecular weight is 222 g/mol. The highest BCUT2D eigenvalue weighted by molar-refractivity contribution is 5.78. The second-order valence-corrected chi connectivity index (χ2v) is 4.12. The zero-order valence-corrected chi connectivity index (χ0v) is 9.33. The Hall–Kier alpha value is -1.36. The minimum absolute atomic E-state index is 0.144. The average Bonchev–Trinajstić information content (AvgIpc) is 2.83. The molecule has 0 bridgehead atoms. The van der Waals surface area contributed by atoms with E-state index in [0.29, 0.717) is 6.54 Å². The van der Waals surface area contributed by atoms with Gasteiger partial charge in [-0.3, -0.25) is 4.79 Å². The van der Waals surface area contributed by atoms with Gasteiger partial charge in [-0.25, -0.2) is 4.98 Å². The van der Waals surface area contributed by atoms with Gasteiger partial charge >= 0.3 is 0 Å². The van der Waals surface area contributed by atoms with E-state index in [4.69, 9.17) is 0 Å². The number of carbonyl (C=O) groups excluding carboxylic acids is 1. The maximum Gasteiger partial charge on any atom is 0.224 e. The Kier molecular flexibility index (Phi) is 3.93. The zero-order chi connectivity index (χ0) is 11.2. The smallest absolute Gasteiger partial charge is 0.224 e. The first kappa shape index (κ1) is 11.1. The fraction of sp³-hybridized carbons (Fsp3) is 0.636. The monoisotopic (exact) mass is 222 g/mol. The lowest BCUT2D eigenvalue weighted by Crippen LogP contribution is -2.41. The SMILES string of the molecule is O=C(NCCc1ncc[nH]1)[C@@H]1CCCNC1. The molecule has 0 aliphatic carbocycles. The summed E-state index contributed by atoms with van der Waals surface area (Å²) in [6.45, 7) is 2.51. The molecule has 16 heavy (non-hydrogen) atoms. The number of hydrogen-bond donors (Lipinski definition) is 3. The fourth-order valence-corrected chi connectivity index (χ4v) is 1.96. The molecule has 0 aromatic carbocycles. The van der Waals surface area contributed by atoms with Crippen LogP contribution in [0, 0.1) is 5.92 Å². The Morgan fingerprint density at radius 1 is 1.62 bits per heavy atom. The Balaban J connectivity index is 1.67. The van der Waals surface area contributed by atoms with E-state index in [0.717, 1.165) is 38.2 Å². The number of imidazole rings is 1. The van der Waals surface area contributed by atoms with Gasteiger partial charge in [-0.15, -0.1) is 0 Å². The summed E-state index contributed by atoms with van der Waals surface area (Å²) < 4.78 is 0. The molecule has 2 rings (SSSR count). The van der Waals surface area contributed by atoms with Gasteiger partial charge in [0.15, 0.2) is 0 Å². The third kappa shape index (κ3) is 3.06. The van der Waals surface area contributed by atoms with E-state index >= 15 is 0 Å². The van der Waals surface area contributed by atoms with Gasteiger partial charge in [-0.2, -0.15) is 0 Å². The highest BCUT2D eigenvalue weighted by atomic mass is 16.1. The normalized spacial score (nSPS) is 20.6. The van der Waals surface area contributed by atoms with Gasteiger partial charge < -0.3 is 15.6 Å². The minimum atomic E-state index is 0.144. The van der Waals surface area contributed by atoms with Crippen molar-refractivity contribution in [1.29, 1.82) is 0 Å². The van der Waals surface area contributed by atoms with Crippen molar-refractivity contribution in [2.24, 2.45) is 5.92 Å². The van der Waals surface area contributed by atoms with Crippen LogP contribution in [0.25, 0.3) is 0 Å². The molecule has 5 nitrogen and oxygen atoms in total. The van der Waals surface area contributed by atoms with Crippen molar-refractivity contribution < 1.29 is 4.79 Å². The summed E-state index contributed by atoms with van der Waals surface area (Å²) in [4.78, 5) is 18.9. The van der Waals surface area contributed by atoms with E-state index in [2.05, 4.69) is 20.6 Å². The van der Waals surface area contributed by atoms with Crippen LogP contribution in [0.2, 0.25) is 0 Å². The van der Waals surface area contributed by atoms with Crippen LogP contribution in [0.5, 0.6) is 0 Å². The van der Waals surface area contributed by atoms with Crippen molar-refractivity contribution in [3.05, 3.63) is 18.2 Å². The Bertz CT molecular complexity index is 317. The Morgan fingerprint density at radius 2 is 2.56 bits per heavy atom. The van der Waals surface area contributed by atoms with Crippen LogP contribution in [0.15, 0.2) is 12.4 Å².